The zero-order valence-corrected chi connectivity index (χ0v) is 15.5. The molecule has 5 nitrogen and oxygen atoms in total. The van der Waals surface area contributed by atoms with Crippen molar-refractivity contribution in [3.05, 3.63) is 81.6 Å². The monoisotopic (exact) mass is 370 g/mol. The smallest absolute Gasteiger partial charge is 0.252 e. The molecule has 0 unspecified atom stereocenters. The third kappa shape index (κ3) is 4.59. The molecule has 0 aliphatic heterocycles. The highest BCUT2D eigenvalue weighted by molar-refractivity contribution is 7.89. The van der Waals surface area contributed by atoms with Crippen molar-refractivity contribution in [2.45, 2.75) is 26.3 Å². The highest BCUT2D eigenvalue weighted by Crippen LogP contribution is 2.15. The minimum Gasteiger partial charge on any atom is -0.321 e. The molecule has 3 rings (SSSR count). The van der Waals surface area contributed by atoms with Gasteiger partial charge in [0.1, 0.15) is 0 Å². The van der Waals surface area contributed by atoms with E-state index in [0.717, 1.165) is 22.0 Å². The first-order valence-corrected chi connectivity index (χ1v) is 10.2. The van der Waals surface area contributed by atoms with Crippen LogP contribution in [0.3, 0.4) is 0 Å². The molecular weight excluding hydrogens is 348 g/mol. The SMILES string of the molecule is Cc1cccc2cc(CNS(=O)(=O)CCCc3ccccc3)c(=O)[nH]c12. The summed E-state index contributed by atoms with van der Waals surface area (Å²) in [6.45, 7) is 1.92. The maximum absolute atomic E-state index is 12.2. The van der Waals surface area contributed by atoms with Crippen LogP contribution in [0, 0.1) is 6.92 Å². The summed E-state index contributed by atoms with van der Waals surface area (Å²) in [4.78, 5) is 15.0. The fourth-order valence-corrected chi connectivity index (χ4v) is 3.97. The van der Waals surface area contributed by atoms with E-state index >= 15 is 0 Å². The summed E-state index contributed by atoms with van der Waals surface area (Å²) >= 11 is 0. The number of aromatic amines is 1. The van der Waals surface area contributed by atoms with Crippen molar-refractivity contribution in [2.75, 3.05) is 5.75 Å². The molecule has 0 fully saturated rings. The Morgan fingerprint density at radius 2 is 1.81 bits per heavy atom. The van der Waals surface area contributed by atoms with Gasteiger partial charge < -0.3 is 4.98 Å². The molecule has 0 radical (unpaired) electrons. The van der Waals surface area contributed by atoms with Gasteiger partial charge in [0, 0.05) is 12.1 Å². The van der Waals surface area contributed by atoms with Gasteiger partial charge in [0.25, 0.3) is 5.56 Å². The summed E-state index contributed by atoms with van der Waals surface area (Å²) in [6, 6.07) is 17.3. The van der Waals surface area contributed by atoms with E-state index in [9.17, 15) is 13.2 Å². The van der Waals surface area contributed by atoms with Crippen LogP contribution in [-0.4, -0.2) is 19.2 Å². The van der Waals surface area contributed by atoms with Gasteiger partial charge in [-0.3, -0.25) is 4.79 Å². The summed E-state index contributed by atoms with van der Waals surface area (Å²) < 4.78 is 26.9. The second-order valence-corrected chi connectivity index (χ2v) is 8.32. The van der Waals surface area contributed by atoms with Gasteiger partial charge >= 0.3 is 0 Å². The molecule has 1 aromatic heterocycles. The first-order chi connectivity index (χ1) is 12.4. The topological polar surface area (TPSA) is 79.0 Å². The lowest BCUT2D eigenvalue weighted by Gasteiger charge is -2.08. The molecule has 136 valence electrons. The standard InChI is InChI=1S/C20H22N2O3S/c1-15-7-5-11-17-13-18(20(23)22-19(15)17)14-21-26(24,25)12-6-10-16-8-3-2-4-9-16/h2-5,7-9,11,13,21H,6,10,12,14H2,1H3,(H,22,23). The first-order valence-electron chi connectivity index (χ1n) is 8.57. The highest BCUT2D eigenvalue weighted by Gasteiger charge is 2.12. The molecule has 6 heteroatoms. The number of hydrogen-bond donors (Lipinski definition) is 2. The summed E-state index contributed by atoms with van der Waals surface area (Å²) in [5.74, 6) is 0.0342. The fraction of sp³-hybridized carbons (Fsp3) is 0.250. The Morgan fingerprint density at radius 3 is 2.58 bits per heavy atom. The number of rotatable bonds is 7. The maximum atomic E-state index is 12.2. The molecule has 26 heavy (non-hydrogen) atoms. The lowest BCUT2D eigenvalue weighted by atomic mass is 10.1. The number of benzene rings is 2. The van der Waals surface area contributed by atoms with E-state index < -0.39 is 10.0 Å². The van der Waals surface area contributed by atoms with Crippen molar-refractivity contribution in [1.82, 2.24) is 9.71 Å². The van der Waals surface area contributed by atoms with E-state index in [1.54, 1.807) is 6.07 Å². The van der Waals surface area contributed by atoms with E-state index in [0.29, 0.717) is 18.4 Å². The molecule has 3 aromatic rings. The molecule has 0 bridgehead atoms. The number of aryl methyl sites for hydroxylation is 2. The number of H-pyrrole nitrogens is 1. The number of pyridine rings is 1. The van der Waals surface area contributed by atoms with Gasteiger partial charge in [-0.05, 0) is 42.3 Å². The van der Waals surface area contributed by atoms with Crippen molar-refractivity contribution in [1.29, 1.82) is 0 Å². The van der Waals surface area contributed by atoms with Crippen LogP contribution in [-0.2, 0) is 23.0 Å². The average Bonchev–Trinajstić information content (AvgIpc) is 2.62. The normalized spacial score (nSPS) is 11.7. The number of hydrogen-bond acceptors (Lipinski definition) is 3. The number of sulfonamides is 1. The first kappa shape index (κ1) is 18.4. The Kier molecular flexibility index (Phi) is 5.54. The third-order valence-electron chi connectivity index (χ3n) is 4.37. The second-order valence-electron chi connectivity index (χ2n) is 6.39. The molecule has 0 aliphatic rings. The van der Waals surface area contributed by atoms with E-state index in [1.165, 1.54) is 0 Å². The van der Waals surface area contributed by atoms with Crippen LogP contribution in [0.1, 0.15) is 23.1 Å². The third-order valence-corrected chi connectivity index (χ3v) is 5.78. The van der Waals surface area contributed by atoms with E-state index in [2.05, 4.69) is 9.71 Å². The number of aromatic nitrogens is 1. The summed E-state index contributed by atoms with van der Waals surface area (Å²) in [5.41, 5.74) is 3.03. The predicted octanol–water partition coefficient (Wildman–Crippen LogP) is 2.89. The molecule has 2 aromatic carbocycles. The number of nitrogens with one attached hydrogen (secondary N) is 2. The van der Waals surface area contributed by atoms with Crippen LogP contribution >= 0.6 is 0 Å². The molecule has 0 saturated heterocycles. The van der Waals surface area contributed by atoms with Crippen LogP contribution in [0.15, 0.2) is 59.4 Å². The van der Waals surface area contributed by atoms with Crippen molar-refractivity contribution < 1.29 is 8.42 Å². The summed E-state index contributed by atoms with van der Waals surface area (Å²) in [7, 11) is -3.43. The van der Waals surface area contributed by atoms with Gasteiger partial charge in [0.15, 0.2) is 0 Å². The van der Waals surface area contributed by atoms with Crippen molar-refractivity contribution in [2.24, 2.45) is 0 Å². The molecular formula is C20H22N2O3S. The lowest BCUT2D eigenvalue weighted by Crippen LogP contribution is -2.29. The molecule has 2 N–H and O–H groups in total. The van der Waals surface area contributed by atoms with Gasteiger partial charge in [-0.1, -0.05) is 48.5 Å². The van der Waals surface area contributed by atoms with Gasteiger partial charge in [-0.15, -0.1) is 0 Å². The largest absolute Gasteiger partial charge is 0.321 e. The van der Waals surface area contributed by atoms with Crippen molar-refractivity contribution in [3.8, 4) is 0 Å². The Bertz CT molecular complexity index is 1060. The van der Waals surface area contributed by atoms with Gasteiger partial charge in [-0.25, -0.2) is 13.1 Å². The Morgan fingerprint density at radius 1 is 1.04 bits per heavy atom. The number of para-hydroxylation sites is 1. The minimum absolute atomic E-state index is 0.00706. The van der Waals surface area contributed by atoms with Crippen molar-refractivity contribution >= 4 is 20.9 Å². The molecule has 0 aliphatic carbocycles. The summed E-state index contributed by atoms with van der Waals surface area (Å²) in [5, 5.41) is 0.892. The van der Waals surface area contributed by atoms with E-state index in [4.69, 9.17) is 0 Å². The van der Waals surface area contributed by atoms with Crippen molar-refractivity contribution in [3.63, 3.8) is 0 Å². The molecule has 0 saturated carbocycles. The van der Waals surface area contributed by atoms with Crippen LogP contribution in [0.5, 0.6) is 0 Å². The zero-order chi connectivity index (χ0) is 18.6. The molecule has 0 spiro atoms. The maximum Gasteiger partial charge on any atom is 0.252 e. The quantitative estimate of drug-likeness (QED) is 0.671. The van der Waals surface area contributed by atoms with Gasteiger partial charge in [-0.2, -0.15) is 0 Å². The van der Waals surface area contributed by atoms with Crippen LogP contribution in [0.4, 0.5) is 0 Å². The number of fused-ring (bicyclic) bond motifs is 1. The fourth-order valence-electron chi connectivity index (χ4n) is 2.93. The predicted molar refractivity (Wildman–Crippen MR) is 105 cm³/mol. The Hall–Kier alpha value is -2.44. The van der Waals surface area contributed by atoms with Gasteiger partial charge in [0.05, 0.1) is 11.3 Å². The highest BCUT2D eigenvalue weighted by atomic mass is 32.2. The molecule has 0 amide bonds. The Labute approximate surface area is 153 Å². The minimum atomic E-state index is -3.43. The second kappa shape index (κ2) is 7.85. The van der Waals surface area contributed by atoms with Gasteiger partial charge in [0.2, 0.25) is 10.0 Å². The summed E-state index contributed by atoms with van der Waals surface area (Å²) in [6.07, 6.45) is 1.24. The average molecular weight is 370 g/mol. The van der Waals surface area contributed by atoms with E-state index in [-0.39, 0.29) is 17.9 Å². The van der Waals surface area contributed by atoms with Crippen LogP contribution in [0.25, 0.3) is 10.9 Å². The Balaban J connectivity index is 1.63. The lowest BCUT2D eigenvalue weighted by molar-refractivity contribution is 0.578. The zero-order valence-electron chi connectivity index (χ0n) is 14.7. The van der Waals surface area contributed by atoms with E-state index in [1.807, 2.05) is 55.5 Å². The van der Waals surface area contributed by atoms with Crippen LogP contribution < -0.4 is 10.3 Å². The van der Waals surface area contributed by atoms with Crippen LogP contribution in [0.2, 0.25) is 0 Å². The molecule has 1 heterocycles. The molecule has 0 atom stereocenters.